The Bertz CT molecular complexity index is 1160. The Morgan fingerprint density at radius 3 is 2.55 bits per heavy atom. The number of halogens is 3. The number of benzene rings is 1. The van der Waals surface area contributed by atoms with E-state index in [1.807, 2.05) is 30.0 Å². The molecule has 4 heterocycles. The molecule has 0 aliphatic carbocycles. The molecule has 3 unspecified atom stereocenters. The van der Waals surface area contributed by atoms with Gasteiger partial charge in [-0.25, -0.2) is 9.97 Å². The van der Waals surface area contributed by atoms with Gasteiger partial charge >= 0.3 is 6.18 Å². The lowest BCUT2D eigenvalue weighted by atomic mass is 9.86. The molecule has 5 nitrogen and oxygen atoms in total. The van der Waals surface area contributed by atoms with Crippen molar-refractivity contribution in [3.63, 3.8) is 0 Å². The van der Waals surface area contributed by atoms with Crippen molar-refractivity contribution in [2.75, 3.05) is 0 Å². The van der Waals surface area contributed by atoms with Gasteiger partial charge in [-0.2, -0.15) is 13.2 Å². The zero-order chi connectivity index (χ0) is 23.2. The van der Waals surface area contributed by atoms with Crippen LogP contribution in [0, 0.1) is 12.8 Å². The Morgan fingerprint density at radius 1 is 1.06 bits per heavy atom. The molecule has 2 fully saturated rings. The number of amides is 1. The molecule has 2 aliphatic rings. The molecule has 1 amide bonds. The second-order valence-corrected chi connectivity index (χ2v) is 8.82. The van der Waals surface area contributed by atoms with Crippen molar-refractivity contribution in [3.05, 3.63) is 77.4 Å². The number of carbonyl (C=O) groups excluding carboxylic acids is 1. The summed E-state index contributed by atoms with van der Waals surface area (Å²) in [6, 6.07) is 10.1. The summed E-state index contributed by atoms with van der Waals surface area (Å²) in [5.41, 5.74) is 2.15. The van der Waals surface area contributed by atoms with E-state index >= 15 is 0 Å². The molecular weight excluding hydrogens is 429 g/mol. The number of alkyl halides is 3. The fourth-order valence-corrected chi connectivity index (χ4v) is 5.34. The number of hydrogen-bond acceptors (Lipinski definition) is 4. The van der Waals surface area contributed by atoms with E-state index in [0.29, 0.717) is 23.5 Å². The SMILES string of the molecule is Cc1cccc(C(=O)N2C3CCC2C(Cc2ccc(C(F)(F)F)cn2)C3)c1-c1ncccn1. The van der Waals surface area contributed by atoms with Gasteiger partial charge in [0.05, 0.1) is 11.1 Å². The minimum atomic E-state index is -4.39. The maximum absolute atomic E-state index is 13.7. The third-order valence-corrected chi connectivity index (χ3v) is 6.82. The third kappa shape index (κ3) is 3.98. The number of nitrogens with zero attached hydrogens (tertiary/aromatic N) is 4. The zero-order valence-corrected chi connectivity index (χ0v) is 18.1. The monoisotopic (exact) mass is 452 g/mol. The lowest BCUT2D eigenvalue weighted by molar-refractivity contribution is -0.137. The van der Waals surface area contributed by atoms with Crippen molar-refractivity contribution >= 4 is 5.91 Å². The smallest absolute Gasteiger partial charge is 0.332 e. The van der Waals surface area contributed by atoms with Gasteiger partial charge in [-0.1, -0.05) is 12.1 Å². The Morgan fingerprint density at radius 2 is 1.85 bits per heavy atom. The number of aromatic nitrogens is 3. The molecule has 3 atom stereocenters. The third-order valence-electron chi connectivity index (χ3n) is 6.82. The van der Waals surface area contributed by atoms with E-state index in [4.69, 9.17) is 0 Å². The van der Waals surface area contributed by atoms with E-state index in [1.165, 1.54) is 6.07 Å². The number of carbonyl (C=O) groups is 1. The number of hydrogen-bond donors (Lipinski definition) is 0. The summed E-state index contributed by atoms with van der Waals surface area (Å²) in [6.45, 7) is 1.94. The van der Waals surface area contributed by atoms with E-state index in [9.17, 15) is 18.0 Å². The van der Waals surface area contributed by atoms with E-state index in [-0.39, 0.29) is 23.9 Å². The van der Waals surface area contributed by atoms with Crippen LogP contribution < -0.4 is 0 Å². The molecule has 2 aliphatic heterocycles. The Labute approximate surface area is 189 Å². The van der Waals surface area contributed by atoms with E-state index in [0.717, 1.165) is 42.7 Å². The standard InChI is InChI=1S/C25H23F3N4O/c1-15-4-2-5-20(22(15)23-29-10-3-11-30-23)24(33)32-19-8-9-21(32)16(13-19)12-18-7-6-17(14-31-18)25(26,27)28/h2-7,10-11,14,16,19,21H,8-9,12-13H2,1H3. The second kappa shape index (κ2) is 8.24. The molecule has 33 heavy (non-hydrogen) atoms. The van der Waals surface area contributed by atoms with Crippen LogP contribution in [0.5, 0.6) is 0 Å². The first-order chi connectivity index (χ1) is 15.8. The highest BCUT2D eigenvalue weighted by Gasteiger charge is 2.49. The lowest BCUT2D eigenvalue weighted by Crippen LogP contribution is -2.37. The van der Waals surface area contributed by atoms with Crippen LogP contribution >= 0.6 is 0 Å². The van der Waals surface area contributed by atoms with Gasteiger partial charge in [-0.15, -0.1) is 0 Å². The molecule has 0 N–H and O–H groups in total. The molecule has 3 aromatic rings. The summed E-state index contributed by atoms with van der Waals surface area (Å²) in [5.74, 6) is 0.672. The summed E-state index contributed by atoms with van der Waals surface area (Å²) in [4.78, 5) is 28.5. The normalized spacial score (nSPS) is 22.1. The topological polar surface area (TPSA) is 59.0 Å². The molecule has 2 saturated heterocycles. The summed E-state index contributed by atoms with van der Waals surface area (Å²) >= 11 is 0. The van der Waals surface area contributed by atoms with Gasteiger partial charge in [0.15, 0.2) is 5.82 Å². The predicted octanol–water partition coefficient (Wildman–Crippen LogP) is 5.10. The van der Waals surface area contributed by atoms with Gasteiger partial charge in [0.2, 0.25) is 0 Å². The molecule has 0 saturated carbocycles. The Hall–Kier alpha value is -3.29. The molecule has 2 bridgehead atoms. The number of rotatable bonds is 4. The van der Waals surface area contributed by atoms with Crippen LogP contribution in [0.25, 0.3) is 11.4 Å². The maximum atomic E-state index is 13.7. The number of aryl methyl sites for hydroxylation is 1. The predicted molar refractivity (Wildman–Crippen MR) is 116 cm³/mol. The quantitative estimate of drug-likeness (QED) is 0.553. The molecule has 5 rings (SSSR count). The van der Waals surface area contributed by atoms with Gasteiger partial charge < -0.3 is 4.90 Å². The fraction of sp³-hybridized carbons (Fsp3) is 0.360. The molecule has 8 heteroatoms. The van der Waals surface area contributed by atoms with Gasteiger partial charge in [0.25, 0.3) is 5.91 Å². The molecule has 0 spiro atoms. The molecule has 0 radical (unpaired) electrons. The highest BCUT2D eigenvalue weighted by Crippen LogP contribution is 2.44. The average molecular weight is 452 g/mol. The highest BCUT2D eigenvalue weighted by atomic mass is 19.4. The maximum Gasteiger partial charge on any atom is 0.417 e. The number of fused-ring (bicyclic) bond motifs is 2. The van der Waals surface area contributed by atoms with Crippen LogP contribution in [-0.2, 0) is 12.6 Å². The van der Waals surface area contributed by atoms with Crippen LogP contribution in [0.4, 0.5) is 13.2 Å². The van der Waals surface area contributed by atoms with Crippen molar-refractivity contribution in [2.45, 2.75) is 50.9 Å². The summed E-state index contributed by atoms with van der Waals surface area (Å²) in [5, 5.41) is 0. The molecule has 170 valence electrons. The first-order valence-electron chi connectivity index (χ1n) is 11.0. The lowest BCUT2D eigenvalue weighted by Gasteiger charge is -2.26. The van der Waals surface area contributed by atoms with Gasteiger partial charge in [0.1, 0.15) is 0 Å². The summed E-state index contributed by atoms with van der Waals surface area (Å²) in [7, 11) is 0. The highest BCUT2D eigenvalue weighted by molar-refractivity contribution is 6.01. The van der Waals surface area contributed by atoms with Crippen LogP contribution in [0.1, 0.15) is 46.4 Å². The van der Waals surface area contributed by atoms with Gasteiger partial charge in [0, 0.05) is 41.9 Å². The first kappa shape index (κ1) is 21.6. The van der Waals surface area contributed by atoms with Crippen LogP contribution in [0.2, 0.25) is 0 Å². The fourth-order valence-electron chi connectivity index (χ4n) is 5.34. The van der Waals surface area contributed by atoms with Crippen LogP contribution in [0.15, 0.2) is 55.0 Å². The number of pyridine rings is 1. The first-order valence-corrected chi connectivity index (χ1v) is 11.0. The van der Waals surface area contributed by atoms with Crippen LogP contribution in [-0.4, -0.2) is 37.8 Å². The Balaban J connectivity index is 1.39. The molecular formula is C25H23F3N4O. The molecule has 2 aromatic heterocycles. The summed E-state index contributed by atoms with van der Waals surface area (Å²) in [6.07, 6.45) is 3.06. The van der Waals surface area contributed by atoms with Crippen molar-refractivity contribution in [2.24, 2.45) is 5.92 Å². The van der Waals surface area contributed by atoms with Crippen molar-refractivity contribution in [1.82, 2.24) is 19.9 Å². The average Bonchev–Trinajstić information content (AvgIpc) is 3.36. The summed E-state index contributed by atoms with van der Waals surface area (Å²) < 4.78 is 38.5. The van der Waals surface area contributed by atoms with Crippen LogP contribution in [0.3, 0.4) is 0 Å². The van der Waals surface area contributed by atoms with Crippen molar-refractivity contribution in [1.29, 1.82) is 0 Å². The largest absolute Gasteiger partial charge is 0.417 e. The van der Waals surface area contributed by atoms with Crippen molar-refractivity contribution < 1.29 is 18.0 Å². The van der Waals surface area contributed by atoms with E-state index in [1.54, 1.807) is 18.5 Å². The Kier molecular flexibility index (Phi) is 5.38. The second-order valence-electron chi connectivity index (χ2n) is 8.82. The zero-order valence-electron chi connectivity index (χ0n) is 18.1. The van der Waals surface area contributed by atoms with Gasteiger partial charge in [-0.3, -0.25) is 9.78 Å². The minimum absolute atomic E-state index is 0.0310. The van der Waals surface area contributed by atoms with E-state index < -0.39 is 11.7 Å². The van der Waals surface area contributed by atoms with E-state index in [2.05, 4.69) is 15.0 Å². The molecule has 1 aromatic carbocycles. The van der Waals surface area contributed by atoms with Crippen molar-refractivity contribution in [3.8, 4) is 11.4 Å². The minimum Gasteiger partial charge on any atom is -0.332 e. The van der Waals surface area contributed by atoms with Gasteiger partial charge in [-0.05, 0) is 68.4 Å².